The number of pyridine rings is 1. The molecule has 248 valence electrons. The Morgan fingerprint density at radius 1 is 0.958 bits per heavy atom. The number of nitrogens with zero attached hydrogens (tertiary/aromatic N) is 3. The van der Waals surface area contributed by atoms with Crippen LogP contribution in [0.3, 0.4) is 0 Å². The molecule has 0 aliphatic carbocycles. The Bertz CT molecular complexity index is 2020. The second-order valence-corrected chi connectivity index (χ2v) is 16.5. The molecule has 0 unspecified atom stereocenters. The van der Waals surface area contributed by atoms with Crippen LogP contribution in [0.25, 0.3) is 32.2 Å². The number of fused-ring (bicyclic) bond motifs is 2. The standard InChI is InChI=1S/C39H41N3O4S2/c1-38(2,3)48-36-29-21-28(46-20-19-35-41-30-9-7-8-10-33(30)47-35)16-17-31(29)42(32(36)22-39(4,5)37(43)44)24-25-11-13-26(14-12-25)27-15-18-34(45-6)40-23-27/h7-18,21,23H,19-20,22,24H2,1-6H3,(H,43,44). The van der Waals surface area contributed by atoms with Gasteiger partial charge in [0.1, 0.15) is 5.75 Å². The van der Waals surface area contributed by atoms with Crippen molar-refractivity contribution in [2.75, 3.05) is 13.7 Å². The Kier molecular flexibility index (Phi) is 9.54. The van der Waals surface area contributed by atoms with Crippen molar-refractivity contribution in [2.45, 2.75) is 63.6 Å². The summed E-state index contributed by atoms with van der Waals surface area (Å²) in [4.78, 5) is 22.6. The number of hydrogen-bond acceptors (Lipinski definition) is 7. The highest BCUT2D eigenvalue weighted by Gasteiger charge is 2.33. The van der Waals surface area contributed by atoms with E-state index in [0.717, 1.165) is 60.9 Å². The van der Waals surface area contributed by atoms with E-state index in [2.05, 4.69) is 72.8 Å². The number of thiazole rings is 1. The zero-order chi connectivity index (χ0) is 34.1. The molecule has 3 aromatic heterocycles. The molecule has 0 aliphatic rings. The fourth-order valence-electron chi connectivity index (χ4n) is 5.66. The maximum absolute atomic E-state index is 12.4. The van der Waals surface area contributed by atoms with E-state index in [-0.39, 0.29) is 4.75 Å². The third-order valence-electron chi connectivity index (χ3n) is 8.18. The zero-order valence-electron chi connectivity index (χ0n) is 28.2. The predicted molar refractivity (Wildman–Crippen MR) is 197 cm³/mol. The van der Waals surface area contributed by atoms with Gasteiger partial charge in [-0.2, -0.15) is 0 Å². The fraction of sp³-hybridized carbons (Fsp3) is 0.308. The predicted octanol–water partition coefficient (Wildman–Crippen LogP) is 9.54. The second-order valence-electron chi connectivity index (χ2n) is 13.6. The van der Waals surface area contributed by atoms with Gasteiger partial charge in [-0.25, -0.2) is 9.97 Å². The summed E-state index contributed by atoms with van der Waals surface area (Å²) in [5, 5.41) is 12.3. The number of carboxylic acid groups (broad SMARTS) is 1. The van der Waals surface area contributed by atoms with Crippen LogP contribution in [0.2, 0.25) is 0 Å². The van der Waals surface area contributed by atoms with Gasteiger partial charge < -0.3 is 19.1 Å². The van der Waals surface area contributed by atoms with Crippen LogP contribution in [0, 0.1) is 5.41 Å². The summed E-state index contributed by atoms with van der Waals surface area (Å²) in [6.07, 6.45) is 2.93. The molecule has 6 aromatic rings. The number of methoxy groups -OCH3 is 1. The number of carboxylic acids is 1. The minimum Gasteiger partial charge on any atom is -0.493 e. The molecule has 7 nitrogen and oxygen atoms in total. The van der Waals surface area contributed by atoms with E-state index >= 15 is 0 Å². The Balaban J connectivity index is 1.35. The van der Waals surface area contributed by atoms with Gasteiger partial charge in [0.15, 0.2) is 0 Å². The molecular formula is C39H41N3O4S2. The second kappa shape index (κ2) is 13.6. The zero-order valence-corrected chi connectivity index (χ0v) is 29.9. The minimum atomic E-state index is -0.957. The van der Waals surface area contributed by atoms with E-state index < -0.39 is 11.4 Å². The number of ether oxygens (including phenoxy) is 2. The topological polar surface area (TPSA) is 86.5 Å². The molecular weight excluding hydrogens is 639 g/mol. The summed E-state index contributed by atoms with van der Waals surface area (Å²) >= 11 is 3.48. The summed E-state index contributed by atoms with van der Waals surface area (Å²) in [6, 6.07) is 26.8. The fourth-order valence-corrected chi connectivity index (χ4v) is 7.79. The van der Waals surface area contributed by atoms with E-state index in [4.69, 9.17) is 14.5 Å². The minimum absolute atomic E-state index is 0.0982. The summed E-state index contributed by atoms with van der Waals surface area (Å²) in [6.45, 7) is 11.3. The van der Waals surface area contributed by atoms with Crippen molar-refractivity contribution in [3.63, 3.8) is 0 Å². The van der Waals surface area contributed by atoms with Crippen molar-refractivity contribution in [3.05, 3.63) is 101 Å². The van der Waals surface area contributed by atoms with Crippen LogP contribution < -0.4 is 9.47 Å². The average molecular weight is 680 g/mol. The summed E-state index contributed by atoms with van der Waals surface area (Å²) in [7, 11) is 1.61. The monoisotopic (exact) mass is 679 g/mol. The average Bonchev–Trinajstić information content (AvgIpc) is 3.59. The quantitative estimate of drug-likeness (QED) is 0.129. The number of benzene rings is 3. The number of hydrogen-bond donors (Lipinski definition) is 1. The molecule has 0 saturated heterocycles. The van der Waals surface area contributed by atoms with E-state index in [1.54, 1.807) is 44.1 Å². The van der Waals surface area contributed by atoms with Crippen molar-refractivity contribution in [2.24, 2.45) is 5.41 Å². The van der Waals surface area contributed by atoms with Crippen LogP contribution in [-0.4, -0.2) is 44.1 Å². The first kappa shape index (κ1) is 33.6. The molecule has 0 saturated carbocycles. The van der Waals surface area contributed by atoms with E-state index in [1.165, 1.54) is 4.70 Å². The summed E-state index contributed by atoms with van der Waals surface area (Å²) < 4.78 is 14.9. The van der Waals surface area contributed by atoms with E-state index in [9.17, 15) is 9.90 Å². The van der Waals surface area contributed by atoms with Gasteiger partial charge in [-0.3, -0.25) is 4.79 Å². The summed E-state index contributed by atoms with van der Waals surface area (Å²) in [5.74, 6) is 0.553. The van der Waals surface area contributed by atoms with Crippen molar-refractivity contribution in [3.8, 4) is 22.8 Å². The van der Waals surface area contributed by atoms with Crippen molar-refractivity contribution in [1.82, 2.24) is 14.5 Å². The summed E-state index contributed by atoms with van der Waals surface area (Å²) in [5.41, 5.74) is 5.34. The number of aliphatic carboxylic acids is 1. The van der Waals surface area contributed by atoms with Crippen molar-refractivity contribution in [1.29, 1.82) is 0 Å². The van der Waals surface area contributed by atoms with Crippen LogP contribution in [0.4, 0.5) is 0 Å². The van der Waals surface area contributed by atoms with Crippen molar-refractivity contribution >= 4 is 50.2 Å². The Morgan fingerprint density at radius 2 is 1.71 bits per heavy atom. The normalized spacial score (nSPS) is 12.1. The molecule has 3 heterocycles. The number of aromatic nitrogens is 3. The molecule has 0 radical (unpaired) electrons. The molecule has 0 atom stereocenters. The highest BCUT2D eigenvalue weighted by atomic mass is 32.2. The molecule has 0 amide bonds. The van der Waals surface area contributed by atoms with Crippen LogP contribution in [0.5, 0.6) is 11.6 Å². The molecule has 48 heavy (non-hydrogen) atoms. The molecule has 0 aliphatic heterocycles. The van der Waals surface area contributed by atoms with Gasteiger partial charge in [-0.15, -0.1) is 23.1 Å². The molecule has 9 heteroatoms. The highest BCUT2D eigenvalue weighted by Crippen LogP contribution is 2.44. The lowest BCUT2D eigenvalue weighted by Crippen LogP contribution is -2.28. The Morgan fingerprint density at radius 3 is 2.38 bits per heavy atom. The Hall–Kier alpha value is -4.34. The molecule has 1 N–H and O–H groups in total. The van der Waals surface area contributed by atoms with Crippen LogP contribution in [-0.2, 0) is 24.2 Å². The van der Waals surface area contributed by atoms with Gasteiger partial charge in [-0.1, -0.05) is 57.2 Å². The third-order valence-corrected chi connectivity index (χ3v) is 10.6. The van der Waals surface area contributed by atoms with E-state index in [1.807, 2.05) is 42.6 Å². The molecule has 0 bridgehead atoms. The largest absolute Gasteiger partial charge is 0.493 e. The van der Waals surface area contributed by atoms with Gasteiger partial charge in [-0.05, 0) is 61.4 Å². The third kappa shape index (κ3) is 7.53. The van der Waals surface area contributed by atoms with Crippen LogP contribution in [0.1, 0.15) is 50.9 Å². The lowest BCUT2D eigenvalue weighted by Gasteiger charge is -2.24. The van der Waals surface area contributed by atoms with Gasteiger partial charge in [0.2, 0.25) is 5.88 Å². The van der Waals surface area contributed by atoms with Crippen LogP contribution >= 0.6 is 23.1 Å². The maximum Gasteiger partial charge on any atom is 0.309 e. The van der Waals surface area contributed by atoms with Gasteiger partial charge in [0, 0.05) is 63.5 Å². The maximum atomic E-state index is 12.4. The number of rotatable bonds is 12. The van der Waals surface area contributed by atoms with Gasteiger partial charge in [0.05, 0.1) is 34.4 Å². The Labute approximate surface area is 290 Å². The van der Waals surface area contributed by atoms with Crippen LogP contribution in [0.15, 0.2) is 90.0 Å². The lowest BCUT2D eigenvalue weighted by atomic mass is 9.88. The first-order valence-electron chi connectivity index (χ1n) is 16.0. The SMILES string of the molecule is COc1ccc(-c2ccc(Cn3c(CC(C)(C)C(=O)O)c(SC(C)(C)C)c4cc(OCCc5nc6ccccc6s5)ccc43)cc2)cn1. The first-order chi connectivity index (χ1) is 22.9. The van der Waals surface area contributed by atoms with Crippen molar-refractivity contribution < 1.29 is 19.4 Å². The molecule has 3 aromatic carbocycles. The van der Waals surface area contributed by atoms with E-state index in [0.29, 0.717) is 25.5 Å². The smallest absolute Gasteiger partial charge is 0.309 e. The molecule has 0 fully saturated rings. The highest BCUT2D eigenvalue weighted by molar-refractivity contribution is 8.00. The van der Waals surface area contributed by atoms with Gasteiger partial charge in [0.25, 0.3) is 0 Å². The lowest BCUT2D eigenvalue weighted by molar-refractivity contribution is -0.146. The number of thioether (sulfide) groups is 1. The molecule has 6 rings (SSSR count). The molecule has 0 spiro atoms. The first-order valence-corrected chi connectivity index (χ1v) is 17.7. The van der Waals surface area contributed by atoms with Gasteiger partial charge >= 0.3 is 5.97 Å². The number of para-hydroxylation sites is 1. The number of carbonyl (C=O) groups is 1.